The molecule has 0 saturated heterocycles. The number of aromatic nitrogens is 1. The molecule has 0 aliphatic carbocycles. The Hall–Kier alpha value is -0.670. The van der Waals surface area contributed by atoms with E-state index in [2.05, 4.69) is 4.57 Å². The van der Waals surface area contributed by atoms with Crippen LogP contribution < -0.4 is 0 Å². The molecule has 0 radical (unpaired) electrons. The molecule has 0 unspecified atom stereocenters. The minimum absolute atomic E-state index is 0.650. The van der Waals surface area contributed by atoms with Gasteiger partial charge in [0.1, 0.15) is 0 Å². The highest BCUT2D eigenvalue weighted by Crippen LogP contribution is 2.30. The molecule has 18 heavy (non-hydrogen) atoms. The predicted molar refractivity (Wildman–Crippen MR) is 80.4 cm³/mol. The molecule has 0 N–H and O–H groups in total. The van der Waals surface area contributed by atoms with Crippen molar-refractivity contribution in [2.75, 3.05) is 0 Å². The van der Waals surface area contributed by atoms with E-state index in [1.807, 2.05) is 30.5 Å². The van der Waals surface area contributed by atoms with E-state index in [0.717, 1.165) is 21.8 Å². The fourth-order valence-corrected chi connectivity index (χ4v) is 3.59. The number of hydrogen-bond donors (Lipinski definition) is 0. The lowest BCUT2D eigenvalue weighted by Crippen LogP contribution is -1.95. The fraction of sp³-hybridized carbons (Fsp3) is 0.0769. The summed E-state index contributed by atoms with van der Waals surface area (Å²) in [6.45, 7) is 0.775. The second-order valence-corrected chi connectivity index (χ2v) is 6.61. The maximum absolute atomic E-state index is 6.17. The summed E-state index contributed by atoms with van der Waals surface area (Å²) in [5.74, 6) is 0. The summed E-state index contributed by atoms with van der Waals surface area (Å²) in [6.07, 6.45) is 2.01. The van der Waals surface area contributed by atoms with Crippen LogP contribution in [0.5, 0.6) is 0 Å². The lowest BCUT2D eigenvalue weighted by atomic mass is 10.2. The number of rotatable bonds is 2. The van der Waals surface area contributed by atoms with Crippen LogP contribution in [0.15, 0.2) is 36.5 Å². The van der Waals surface area contributed by atoms with Crippen LogP contribution >= 0.6 is 46.1 Å². The normalized spacial score (nSPS) is 11.3. The lowest BCUT2D eigenvalue weighted by Gasteiger charge is -2.04. The Bertz CT molecular complexity index is 714. The minimum Gasteiger partial charge on any atom is -0.342 e. The molecular formula is C13H8Cl3NS. The topological polar surface area (TPSA) is 4.93 Å². The molecule has 0 amide bonds. The predicted octanol–water partition coefficient (Wildman–Crippen LogP) is 5.71. The van der Waals surface area contributed by atoms with Gasteiger partial charge in [0.2, 0.25) is 0 Å². The average Bonchev–Trinajstić information content (AvgIpc) is 2.87. The fourth-order valence-electron chi connectivity index (χ4n) is 1.96. The average molecular weight is 317 g/mol. The summed E-state index contributed by atoms with van der Waals surface area (Å²) in [5, 5.41) is 2.35. The highest BCUT2D eigenvalue weighted by Gasteiger charge is 2.07. The first kappa shape index (κ1) is 12.4. The summed E-state index contributed by atoms with van der Waals surface area (Å²) in [7, 11) is 0. The van der Waals surface area contributed by atoms with Crippen LogP contribution in [0.2, 0.25) is 14.4 Å². The molecule has 92 valence electrons. The van der Waals surface area contributed by atoms with Gasteiger partial charge in [-0.25, -0.2) is 0 Å². The molecule has 0 aliphatic heterocycles. The van der Waals surface area contributed by atoms with Gasteiger partial charge >= 0.3 is 0 Å². The molecule has 0 atom stereocenters. The molecule has 0 fully saturated rings. The highest BCUT2D eigenvalue weighted by molar-refractivity contribution is 7.16. The van der Waals surface area contributed by atoms with Gasteiger partial charge in [0.25, 0.3) is 0 Å². The van der Waals surface area contributed by atoms with Gasteiger partial charge in [0.15, 0.2) is 0 Å². The van der Waals surface area contributed by atoms with Crippen LogP contribution in [0.3, 0.4) is 0 Å². The van der Waals surface area contributed by atoms with Crippen molar-refractivity contribution >= 4 is 57.0 Å². The monoisotopic (exact) mass is 315 g/mol. The maximum atomic E-state index is 6.17. The van der Waals surface area contributed by atoms with Crippen LogP contribution in [0, 0.1) is 0 Å². The molecule has 0 aliphatic rings. The van der Waals surface area contributed by atoms with Crippen molar-refractivity contribution in [3.63, 3.8) is 0 Å². The first-order valence-electron chi connectivity index (χ1n) is 5.31. The van der Waals surface area contributed by atoms with E-state index in [1.165, 1.54) is 4.88 Å². The number of fused-ring (bicyclic) bond motifs is 1. The Balaban J connectivity index is 2.07. The number of benzene rings is 1. The zero-order valence-electron chi connectivity index (χ0n) is 9.16. The quantitative estimate of drug-likeness (QED) is 0.570. The van der Waals surface area contributed by atoms with Gasteiger partial charge in [-0.2, -0.15) is 0 Å². The third kappa shape index (κ3) is 2.26. The van der Waals surface area contributed by atoms with Crippen molar-refractivity contribution in [1.82, 2.24) is 4.57 Å². The Labute approximate surface area is 124 Å². The lowest BCUT2D eigenvalue weighted by molar-refractivity contribution is 0.852. The molecule has 3 aromatic rings. The van der Waals surface area contributed by atoms with Crippen molar-refractivity contribution in [3.05, 3.63) is 55.8 Å². The van der Waals surface area contributed by atoms with Gasteiger partial charge in [-0.15, -0.1) is 11.3 Å². The standard InChI is InChI=1S/C13H8Cl3NS/c14-8-5-11(15)10-3-4-17(12(10)6-8)7-9-1-2-13(16)18-9/h1-6H,7H2. The minimum atomic E-state index is 0.650. The third-order valence-electron chi connectivity index (χ3n) is 2.76. The largest absolute Gasteiger partial charge is 0.342 e. The Kier molecular flexibility index (Phi) is 3.29. The van der Waals surface area contributed by atoms with Crippen LogP contribution in [0.1, 0.15) is 4.88 Å². The zero-order valence-corrected chi connectivity index (χ0v) is 12.2. The first-order valence-corrected chi connectivity index (χ1v) is 7.26. The van der Waals surface area contributed by atoms with E-state index in [0.29, 0.717) is 10.0 Å². The molecule has 0 saturated carbocycles. The zero-order chi connectivity index (χ0) is 12.7. The van der Waals surface area contributed by atoms with Gasteiger partial charge in [0.05, 0.1) is 21.4 Å². The smallest absolute Gasteiger partial charge is 0.0931 e. The summed E-state index contributed by atoms with van der Waals surface area (Å²) in [6, 6.07) is 9.64. The summed E-state index contributed by atoms with van der Waals surface area (Å²) in [5.41, 5.74) is 1.04. The first-order chi connectivity index (χ1) is 8.63. The van der Waals surface area contributed by atoms with Crippen molar-refractivity contribution in [1.29, 1.82) is 0 Å². The number of thiophene rings is 1. The van der Waals surface area contributed by atoms with Gasteiger partial charge in [-0.3, -0.25) is 0 Å². The molecule has 3 rings (SSSR count). The van der Waals surface area contributed by atoms with Crippen LogP contribution in [-0.4, -0.2) is 4.57 Å². The molecule has 0 bridgehead atoms. The highest BCUT2D eigenvalue weighted by atomic mass is 35.5. The van der Waals surface area contributed by atoms with Crippen LogP contribution in [0.25, 0.3) is 10.9 Å². The van der Waals surface area contributed by atoms with Crippen molar-refractivity contribution in [2.45, 2.75) is 6.54 Å². The van der Waals surface area contributed by atoms with Crippen LogP contribution in [-0.2, 0) is 6.54 Å². The van der Waals surface area contributed by atoms with E-state index in [4.69, 9.17) is 34.8 Å². The molecule has 2 aromatic heterocycles. The SMILES string of the molecule is Clc1cc(Cl)c2ccn(Cc3ccc(Cl)s3)c2c1. The van der Waals surface area contributed by atoms with E-state index in [1.54, 1.807) is 17.4 Å². The second-order valence-electron chi connectivity index (χ2n) is 3.97. The molecule has 0 spiro atoms. The Morgan fingerprint density at radius 1 is 1.06 bits per heavy atom. The number of nitrogens with zero attached hydrogens (tertiary/aromatic N) is 1. The third-order valence-corrected chi connectivity index (χ3v) is 4.50. The molecule has 1 aromatic carbocycles. The molecule has 5 heteroatoms. The van der Waals surface area contributed by atoms with Crippen molar-refractivity contribution in [2.24, 2.45) is 0 Å². The molecule has 1 nitrogen and oxygen atoms in total. The van der Waals surface area contributed by atoms with Gasteiger partial charge < -0.3 is 4.57 Å². The summed E-state index contributed by atoms with van der Waals surface area (Å²) < 4.78 is 2.92. The van der Waals surface area contributed by atoms with Crippen molar-refractivity contribution in [3.8, 4) is 0 Å². The Morgan fingerprint density at radius 2 is 1.89 bits per heavy atom. The summed E-state index contributed by atoms with van der Waals surface area (Å²) >= 11 is 19.7. The number of hydrogen-bond acceptors (Lipinski definition) is 1. The van der Waals surface area contributed by atoms with E-state index in [-0.39, 0.29) is 0 Å². The van der Waals surface area contributed by atoms with E-state index < -0.39 is 0 Å². The van der Waals surface area contributed by atoms with Gasteiger partial charge in [0, 0.05) is 21.5 Å². The summed E-state index contributed by atoms with van der Waals surface area (Å²) in [4.78, 5) is 1.20. The van der Waals surface area contributed by atoms with Crippen molar-refractivity contribution < 1.29 is 0 Å². The van der Waals surface area contributed by atoms with Gasteiger partial charge in [-0.1, -0.05) is 34.8 Å². The number of halogens is 3. The second kappa shape index (κ2) is 4.78. The molecular weight excluding hydrogens is 309 g/mol. The molecule has 2 heterocycles. The van der Waals surface area contributed by atoms with Crippen LogP contribution in [0.4, 0.5) is 0 Å². The maximum Gasteiger partial charge on any atom is 0.0931 e. The van der Waals surface area contributed by atoms with E-state index >= 15 is 0 Å². The van der Waals surface area contributed by atoms with Gasteiger partial charge in [-0.05, 0) is 30.3 Å². The van der Waals surface area contributed by atoms with E-state index in [9.17, 15) is 0 Å². The Morgan fingerprint density at radius 3 is 2.61 bits per heavy atom.